The summed E-state index contributed by atoms with van der Waals surface area (Å²) in [5.41, 5.74) is 4.66. The van der Waals surface area contributed by atoms with Gasteiger partial charge >= 0.3 is 0 Å². The quantitative estimate of drug-likeness (QED) is 0.722. The van der Waals surface area contributed by atoms with Crippen LogP contribution < -0.4 is 10.6 Å². The van der Waals surface area contributed by atoms with E-state index < -0.39 is 0 Å². The summed E-state index contributed by atoms with van der Waals surface area (Å²) in [6.07, 6.45) is 0. The van der Waals surface area contributed by atoms with Crippen molar-refractivity contribution in [1.29, 1.82) is 5.26 Å². The first-order valence-corrected chi connectivity index (χ1v) is 8.00. The molecule has 1 heterocycles. The molecule has 0 aliphatic rings. The average molecular weight is 329 g/mol. The number of para-hydroxylation sites is 1. The first kappa shape index (κ1) is 16.5. The lowest BCUT2D eigenvalue weighted by atomic mass is 10.1. The molecule has 0 amide bonds. The highest BCUT2D eigenvalue weighted by Gasteiger charge is 2.06. The number of nitrogens with zero attached hydrogens (tertiary/aromatic N) is 3. The molecule has 0 spiro atoms. The van der Waals surface area contributed by atoms with Gasteiger partial charge in [-0.3, -0.25) is 0 Å². The summed E-state index contributed by atoms with van der Waals surface area (Å²) in [4.78, 5) is 8.86. The number of hydrogen-bond donors (Lipinski definition) is 2. The number of nitriles is 1. The molecule has 25 heavy (non-hydrogen) atoms. The molecule has 2 aromatic carbocycles. The van der Waals surface area contributed by atoms with Crippen LogP contribution >= 0.6 is 0 Å². The van der Waals surface area contributed by atoms with Gasteiger partial charge in [-0.25, -0.2) is 9.97 Å². The molecule has 5 nitrogen and oxygen atoms in total. The first-order valence-electron chi connectivity index (χ1n) is 8.00. The Labute approximate surface area is 147 Å². The second-order valence-electron chi connectivity index (χ2n) is 5.97. The molecule has 3 aromatic rings. The zero-order valence-electron chi connectivity index (χ0n) is 14.5. The summed E-state index contributed by atoms with van der Waals surface area (Å²) in [5, 5.41) is 15.7. The fraction of sp³-hybridized carbons (Fsp3) is 0.150. The number of aryl methyl sites for hydroxylation is 3. The Morgan fingerprint density at radius 3 is 2.16 bits per heavy atom. The minimum absolute atomic E-state index is 0.572. The van der Waals surface area contributed by atoms with Gasteiger partial charge in [0.2, 0.25) is 0 Å². The van der Waals surface area contributed by atoms with Gasteiger partial charge in [0, 0.05) is 11.8 Å². The molecule has 0 bridgehead atoms. The van der Waals surface area contributed by atoms with Gasteiger partial charge in [0.15, 0.2) is 0 Å². The Morgan fingerprint density at radius 2 is 1.48 bits per heavy atom. The monoisotopic (exact) mass is 329 g/mol. The lowest BCUT2D eigenvalue weighted by Gasteiger charge is -2.12. The van der Waals surface area contributed by atoms with Crippen molar-refractivity contribution in [3.63, 3.8) is 0 Å². The maximum atomic E-state index is 9.22. The van der Waals surface area contributed by atoms with Gasteiger partial charge in [-0.1, -0.05) is 18.2 Å². The molecule has 1 aromatic heterocycles. The highest BCUT2D eigenvalue weighted by atomic mass is 15.1. The van der Waals surface area contributed by atoms with Gasteiger partial charge in [0.05, 0.1) is 11.3 Å². The van der Waals surface area contributed by atoms with Crippen molar-refractivity contribution >= 4 is 23.0 Å². The van der Waals surface area contributed by atoms with Crippen LogP contribution in [0.3, 0.4) is 0 Å². The summed E-state index contributed by atoms with van der Waals surface area (Å²) in [6.45, 7) is 5.97. The van der Waals surface area contributed by atoms with Crippen LogP contribution in [0.2, 0.25) is 0 Å². The minimum atomic E-state index is 0.572. The predicted molar refractivity (Wildman–Crippen MR) is 100 cm³/mol. The summed E-state index contributed by atoms with van der Waals surface area (Å²) in [6, 6.07) is 17.6. The third-order valence-corrected chi connectivity index (χ3v) is 3.64. The molecule has 3 rings (SSSR count). The van der Waals surface area contributed by atoms with E-state index in [9.17, 15) is 5.26 Å². The van der Waals surface area contributed by atoms with E-state index in [4.69, 9.17) is 0 Å². The third kappa shape index (κ3) is 4.12. The van der Waals surface area contributed by atoms with Crippen LogP contribution in [0.1, 0.15) is 22.5 Å². The standard InChI is InChI=1S/C20H19N5/c1-13-8-14(2)10-17(9-13)24-19-11-20(23-15(3)22-19)25-18-7-5-4-6-16(18)12-21/h4-11H,1-3H3,(H2,22,23,24,25). The summed E-state index contributed by atoms with van der Waals surface area (Å²) >= 11 is 0. The van der Waals surface area contributed by atoms with E-state index in [1.807, 2.05) is 31.2 Å². The van der Waals surface area contributed by atoms with E-state index in [0.29, 0.717) is 23.0 Å². The Hall–Kier alpha value is -3.39. The van der Waals surface area contributed by atoms with Crippen molar-refractivity contribution in [3.8, 4) is 6.07 Å². The van der Waals surface area contributed by atoms with Gasteiger partial charge in [-0.2, -0.15) is 5.26 Å². The second-order valence-corrected chi connectivity index (χ2v) is 5.97. The maximum Gasteiger partial charge on any atom is 0.136 e. The number of aromatic nitrogens is 2. The van der Waals surface area contributed by atoms with Gasteiger partial charge in [-0.15, -0.1) is 0 Å². The fourth-order valence-electron chi connectivity index (χ4n) is 2.72. The molecule has 0 saturated heterocycles. The molecule has 0 radical (unpaired) electrons. The normalized spacial score (nSPS) is 10.2. The van der Waals surface area contributed by atoms with Crippen molar-refractivity contribution in [2.75, 3.05) is 10.6 Å². The van der Waals surface area contributed by atoms with Crippen LogP contribution in [-0.4, -0.2) is 9.97 Å². The van der Waals surface area contributed by atoms with E-state index in [2.05, 4.69) is 58.7 Å². The Bertz CT molecular complexity index is 936. The summed E-state index contributed by atoms with van der Waals surface area (Å²) in [5.74, 6) is 1.99. The van der Waals surface area contributed by atoms with Gasteiger partial charge < -0.3 is 10.6 Å². The van der Waals surface area contributed by atoms with Crippen molar-refractivity contribution in [2.24, 2.45) is 0 Å². The molecular formula is C20H19N5. The summed E-state index contributed by atoms with van der Waals surface area (Å²) < 4.78 is 0. The molecule has 0 fully saturated rings. The SMILES string of the molecule is Cc1cc(C)cc(Nc2cc(Nc3ccccc3C#N)nc(C)n2)c1. The predicted octanol–water partition coefficient (Wildman–Crippen LogP) is 4.76. The number of hydrogen-bond acceptors (Lipinski definition) is 5. The Morgan fingerprint density at radius 1 is 0.840 bits per heavy atom. The summed E-state index contributed by atoms with van der Waals surface area (Å²) in [7, 11) is 0. The van der Waals surface area contributed by atoms with E-state index >= 15 is 0 Å². The molecule has 2 N–H and O–H groups in total. The molecule has 0 unspecified atom stereocenters. The van der Waals surface area contributed by atoms with Crippen molar-refractivity contribution in [1.82, 2.24) is 9.97 Å². The first-order chi connectivity index (χ1) is 12.0. The van der Waals surface area contributed by atoms with E-state index in [-0.39, 0.29) is 0 Å². The Balaban J connectivity index is 1.89. The van der Waals surface area contributed by atoms with Crippen LogP contribution in [0.4, 0.5) is 23.0 Å². The average Bonchev–Trinajstić information content (AvgIpc) is 2.53. The van der Waals surface area contributed by atoms with Crippen LogP contribution in [0, 0.1) is 32.1 Å². The lowest BCUT2D eigenvalue weighted by Crippen LogP contribution is -2.02. The number of rotatable bonds is 4. The molecule has 0 aliphatic carbocycles. The van der Waals surface area contributed by atoms with Crippen LogP contribution in [0.15, 0.2) is 48.5 Å². The van der Waals surface area contributed by atoms with Crippen LogP contribution in [0.25, 0.3) is 0 Å². The topological polar surface area (TPSA) is 73.6 Å². The van der Waals surface area contributed by atoms with E-state index in [1.54, 1.807) is 6.07 Å². The number of benzene rings is 2. The highest BCUT2D eigenvalue weighted by Crippen LogP contribution is 2.23. The molecule has 0 aliphatic heterocycles. The van der Waals surface area contributed by atoms with Gasteiger partial charge in [0.25, 0.3) is 0 Å². The highest BCUT2D eigenvalue weighted by molar-refractivity contribution is 5.67. The van der Waals surface area contributed by atoms with Gasteiger partial charge in [0.1, 0.15) is 23.5 Å². The van der Waals surface area contributed by atoms with E-state index in [1.165, 1.54) is 11.1 Å². The largest absolute Gasteiger partial charge is 0.340 e. The number of anilines is 4. The molecular weight excluding hydrogens is 310 g/mol. The van der Waals surface area contributed by atoms with Crippen LogP contribution in [0.5, 0.6) is 0 Å². The zero-order valence-corrected chi connectivity index (χ0v) is 14.5. The molecule has 5 heteroatoms. The molecule has 124 valence electrons. The lowest BCUT2D eigenvalue weighted by molar-refractivity contribution is 1.06. The van der Waals surface area contributed by atoms with Gasteiger partial charge in [-0.05, 0) is 56.2 Å². The van der Waals surface area contributed by atoms with Crippen molar-refractivity contribution < 1.29 is 0 Å². The zero-order chi connectivity index (χ0) is 17.8. The third-order valence-electron chi connectivity index (χ3n) is 3.64. The number of nitrogens with one attached hydrogen (secondary N) is 2. The smallest absolute Gasteiger partial charge is 0.136 e. The fourth-order valence-corrected chi connectivity index (χ4v) is 2.72. The molecule has 0 saturated carbocycles. The van der Waals surface area contributed by atoms with E-state index in [0.717, 1.165) is 11.4 Å². The molecule has 0 atom stereocenters. The van der Waals surface area contributed by atoms with Crippen molar-refractivity contribution in [2.45, 2.75) is 20.8 Å². The maximum absolute atomic E-state index is 9.22. The Kier molecular flexibility index (Phi) is 4.62. The van der Waals surface area contributed by atoms with Crippen molar-refractivity contribution in [3.05, 3.63) is 71.0 Å². The minimum Gasteiger partial charge on any atom is -0.340 e. The van der Waals surface area contributed by atoms with Crippen LogP contribution in [-0.2, 0) is 0 Å². The second kappa shape index (κ2) is 7.02.